The van der Waals surface area contributed by atoms with Gasteiger partial charge in [-0.25, -0.2) is 9.97 Å². The first-order chi connectivity index (χ1) is 7.79. The molecule has 0 bridgehead atoms. The van der Waals surface area contributed by atoms with Gasteiger partial charge in [-0.1, -0.05) is 12.7 Å². The number of aromatic nitrogens is 2. The summed E-state index contributed by atoms with van der Waals surface area (Å²) in [6, 6.07) is 0.447. The lowest BCUT2D eigenvalue weighted by molar-refractivity contribution is 0.478. The van der Waals surface area contributed by atoms with E-state index in [1.54, 1.807) is 6.08 Å². The molecular formula is C12H18N4. The van der Waals surface area contributed by atoms with E-state index in [9.17, 15) is 0 Å². The summed E-state index contributed by atoms with van der Waals surface area (Å²) in [6.07, 6.45) is 5.98. The minimum Gasteiger partial charge on any atom is -0.350 e. The van der Waals surface area contributed by atoms with E-state index in [4.69, 9.17) is 0 Å². The SMILES string of the molecule is C=Cc1cnc(N[C@H]2CCCNC2)nc1C. The standard InChI is InChI=1S/C12H18N4/c1-3-10-7-14-12(15-9(10)2)16-11-5-4-6-13-8-11/h3,7,11,13H,1,4-6,8H2,2H3,(H,14,15,16)/t11-/m0/s1. The largest absolute Gasteiger partial charge is 0.350 e. The van der Waals surface area contributed by atoms with Crippen LogP contribution < -0.4 is 10.6 Å². The molecule has 4 heteroatoms. The molecule has 0 saturated carbocycles. The molecule has 2 heterocycles. The van der Waals surface area contributed by atoms with Crippen LogP contribution in [0.3, 0.4) is 0 Å². The predicted octanol–water partition coefficient (Wildman–Crippen LogP) is 1.59. The smallest absolute Gasteiger partial charge is 0.223 e. The molecule has 86 valence electrons. The van der Waals surface area contributed by atoms with Crippen molar-refractivity contribution >= 4 is 12.0 Å². The van der Waals surface area contributed by atoms with Crippen molar-refractivity contribution in [3.05, 3.63) is 24.0 Å². The van der Waals surface area contributed by atoms with Gasteiger partial charge in [0.05, 0.1) is 5.69 Å². The summed E-state index contributed by atoms with van der Waals surface area (Å²) in [7, 11) is 0. The van der Waals surface area contributed by atoms with E-state index in [-0.39, 0.29) is 0 Å². The second kappa shape index (κ2) is 5.07. The Balaban J connectivity index is 2.03. The number of piperidine rings is 1. The van der Waals surface area contributed by atoms with Gasteiger partial charge in [0.2, 0.25) is 5.95 Å². The first-order valence-electron chi connectivity index (χ1n) is 5.73. The minimum atomic E-state index is 0.447. The monoisotopic (exact) mass is 218 g/mol. The van der Waals surface area contributed by atoms with Crippen molar-refractivity contribution in [3.63, 3.8) is 0 Å². The van der Waals surface area contributed by atoms with Gasteiger partial charge < -0.3 is 10.6 Å². The Labute approximate surface area is 96.2 Å². The molecule has 4 nitrogen and oxygen atoms in total. The first kappa shape index (κ1) is 11.1. The topological polar surface area (TPSA) is 49.8 Å². The third-order valence-electron chi connectivity index (χ3n) is 2.87. The van der Waals surface area contributed by atoms with Gasteiger partial charge in [0, 0.05) is 24.3 Å². The van der Waals surface area contributed by atoms with E-state index in [0.717, 1.165) is 30.3 Å². The molecule has 1 saturated heterocycles. The molecule has 0 radical (unpaired) electrons. The highest BCUT2D eigenvalue weighted by atomic mass is 15.1. The van der Waals surface area contributed by atoms with Gasteiger partial charge in [0.25, 0.3) is 0 Å². The minimum absolute atomic E-state index is 0.447. The number of anilines is 1. The van der Waals surface area contributed by atoms with Crippen LogP contribution in [0.1, 0.15) is 24.1 Å². The fourth-order valence-corrected chi connectivity index (χ4v) is 1.90. The molecule has 2 N–H and O–H groups in total. The number of hydrogen-bond acceptors (Lipinski definition) is 4. The summed E-state index contributed by atoms with van der Waals surface area (Å²) in [5, 5.41) is 6.71. The fraction of sp³-hybridized carbons (Fsp3) is 0.500. The van der Waals surface area contributed by atoms with Crippen LogP contribution in [-0.4, -0.2) is 29.1 Å². The zero-order valence-electron chi connectivity index (χ0n) is 9.66. The van der Waals surface area contributed by atoms with E-state index >= 15 is 0 Å². The highest BCUT2D eigenvalue weighted by Gasteiger charge is 2.13. The van der Waals surface area contributed by atoms with Gasteiger partial charge in [0.1, 0.15) is 0 Å². The number of aryl methyl sites for hydroxylation is 1. The molecule has 1 aliphatic rings. The Morgan fingerprint density at radius 2 is 2.50 bits per heavy atom. The molecule has 0 spiro atoms. The molecule has 0 aromatic carbocycles. The van der Waals surface area contributed by atoms with Gasteiger partial charge in [-0.05, 0) is 26.3 Å². The Bertz CT molecular complexity index is 369. The van der Waals surface area contributed by atoms with Crippen molar-refractivity contribution in [1.29, 1.82) is 0 Å². The average Bonchev–Trinajstić information content (AvgIpc) is 2.31. The Hall–Kier alpha value is -1.42. The summed E-state index contributed by atoms with van der Waals surface area (Å²) in [4.78, 5) is 8.70. The van der Waals surface area contributed by atoms with Gasteiger partial charge in [-0.15, -0.1) is 0 Å². The lowest BCUT2D eigenvalue weighted by Gasteiger charge is -2.23. The van der Waals surface area contributed by atoms with Crippen LogP contribution in [0.15, 0.2) is 12.8 Å². The van der Waals surface area contributed by atoms with Crippen LogP contribution >= 0.6 is 0 Å². The molecule has 0 unspecified atom stereocenters. The van der Waals surface area contributed by atoms with Crippen molar-refractivity contribution in [2.45, 2.75) is 25.8 Å². The molecule has 1 aromatic rings. The molecule has 1 aliphatic heterocycles. The maximum Gasteiger partial charge on any atom is 0.223 e. The molecule has 2 rings (SSSR count). The van der Waals surface area contributed by atoms with E-state index < -0.39 is 0 Å². The Morgan fingerprint density at radius 3 is 3.12 bits per heavy atom. The Kier molecular flexibility index (Phi) is 3.51. The molecule has 1 atom stereocenters. The number of rotatable bonds is 3. The van der Waals surface area contributed by atoms with Gasteiger partial charge in [-0.2, -0.15) is 0 Å². The van der Waals surface area contributed by atoms with Gasteiger partial charge >= 0.3 is 0 Å². The number of hydrogen-bond donors (Lipinski definition) is 2. The maximum atomic E-state index is 4.42. The van der Waals surface area contributed by atoms with Gasteiger partial charge in [-0.3, -0.25) is 0 Å². The van der Waals surface area contributed by atoms with Gasteiger partial charge in [0.15, 0.2) is 0 Å². The van der Waals surface area contributed by atoms with Crippen LogP contribution in [-0.2, 0) is 0 Å². The fourth-order valence-electron chi connectivity index (χ4n) is 1.90. The maximum absolute atomic E-state index is 4.42. The summed E-state index contributed by atoms with van der Waals surface area (Å²) >= 11 is 0. The predicted molar refractivity (Wildman–Crippen MR) is 66.4 cm³/mol. The highest BCUT2D eigenvalue weighted by molar-refractivity contribution is 5.49. The van der Waals surface area contributed by atoms with Crippen molar-refractivity contribution in [3.8, 4) is 0 Å². The van der Waals surface area contributed by atoms with Crippen LogP contribution in [0.4, 0.5) is 5.95 Å². The average molecular weight is 218 g/mol. The highest BCUT2D eigenvalue weighted by Crippen LogP contribution is 2.11. The zero-order valence-corrected chi connectivity index (χ0v) is 9.66. The lowest BCUT2D eigenvalue weighted by atomic mass is 10.1. The second-order valence-corrected chi connectivity index (χ2v) is 4.13. The van der Waals surface area contributed by atoms with Crippen LogP contribution in [0.2, 0.25) is 0 Å². The van der Waals surface area contributed by atoms with Crippen molar-refractivity contribution in [2.24, 2.45) is 0 Å². The van der Waals surface area contributed by atoms with Crippen molar-refractivity contribution in [1.82, 2.24) is 15.3 Å². The van der Waals surface area contributed by atoms with Crippen LogP contribution in [0, 0.1) is 6.92 Å². The Morgan fingerprint density at radius 1 is 1.62 bits per heavy atom. The molecular weight excluding hydrogens is 200 g/mol. The molecule has 16 heavy (non-hydrogen) atoms. The molecule has 0 aliphatic carbocycles. The molecule has 1 aromatic heterocycles. The van der Waals surface area contributed by atoms with Crippen molar-refractivity contribution in [2.75, 3.05) is 18.4 Å². The van der Waals surface area contributed by atoms with Crippen LogP contribution in [0.5, 0.6) is 0 Å². The molecule has 1 fully saturated rings. The third-order valence-corrected chi connectivity index (χ3v) is 2.87. The summed E-state index contributed by atoms with van der Waals surface area (Å²) in [6.45, 7) is 7.81. The normalized spacial score (nSPS) is 20.4. The lowest BCUT2D eigenvalue weighted by Crippen LogP contribution is -2.38. The third kappa shape index (κ3) is 2.58. The number of nitrogens with zero attached hydrogens (tertiary/aromatic N) is 2. The van der Waals surface area contributed by atoms with E-state index in [1.165, 1.54) is 12.8 Å². The van der Waals surface area contributed by atoms with E-state index in [0.29, 0.717) is 6.04 Å². The first-order valence-corrected chi connectivity index (χ1v) is 5.73. The quantitative estimate of drug-likeness (QED) is 0.809. The molecule has 0 amide bonds. The van der Waals surface area contributed by atoms with Crippen molar-refractivity contribution < 1.29 is 0 Å². The van der Waals surface area contributed by atoms with E-state index in [2.05, 4.69) is 27.2 Å². The summed E-state index contributed by atoms with van der Waals surface area (Å²) in [5.41, 5.74) is 1.96. The summed E-state index contributed by atoms with van der Waals surface area (Å²) in [5.74, 6) is 0.719. The number of nitrogens with one attached hydrogen (secondary N) is 2. The zero-order chi connectivity index (χ0) is 11.4. The summed E-state index contributed by atoms with van der Waals surface area (Å²) < 4.78 is 0. The van der Waals surface area contributed by atoms with E-state index in [1.807, 2.05) is 13.1 Å². The second-order valence-electron chi connectivity index (χ2n) is 4.13. The van der Waals surface area contributed by atoms with Crippen LogP contribution in [0.25, 0.3) is 6.08 Å².